The standard InChI is InChI=1S/C13H18N4O2S2/c1-8-12(13(14)15-17(8)2)21(18,19)16-10-4-3-5-11-9(10)6-7-20-11/h6-7,10,16H,3-5H2,1-2H3,(H2,14,15). The molecular formula is C13H18N4O2S2. The molecule has 0 saturated heterocycles. The first-order valence-corrected chi connectivity index (χ1v) is 9.14. The SMILES string of the molecule is Cc1c(S(=O)(=O)NC2CCCc3sccc32)c(N)nn1C. The van der Waals surface area contributed by atoms with Crippen LogP contribution in [0.15, 0.2) is 16.3 Å². The van der Waals surface area contributed by atoms with E-state index in [0.717, 1.165) is 24.8 Å². The van der Waals surface area contributed by atoms with Crippen LogP contribution in [-0.2, 0) is 23.5 Å². The Bertz CT molecular complexity index is 776. The van der Waals surface area contributed by atoms with Gasteiger partial charge in [0.2, 0.25) is 10.0 Å². The first-order valence-electron chi connectivity index (χ1n) is 6.78. The Morgan fingerprint density at radius 2 is 2.29 bits per heavy atom. The maximum Gasteiger partial charge on any atom is 0.246 e. The van der Waals surface area contributed by atoms with Gasteiger partial charge >= 0.3 is 0 Å². The lowest BCUT2D eigenvalue weighted by Crippen LogP contribution is -2.31. The van der Waals surface area contributed by atoms with Gasteiger partial charge in [-0.2, -0.15) is 5.10 Å². The summed E-state index contributed by atoms with van der Waals surface area (Å²) in [6, 6.07) is 1.83. The molecule has 3 N–H and O–H groups in total. The fourth-order valence-electron chi connectivity index (χ4n) is 2.80. The number of sulfonamides is 1. The highest BCUT2D eigenvalue weighted by atomic mass is 32.2. The third-order valence-corrected chi connectivity index (χ3v) is 6.56. The maximum absolute atomic E-state index is 12.6. The second-order valence-electron chi connectivity index (χ2n) is 5.29. The zero-order valence-electron chi connectivity index (χ0n) is 12.0. The van der Waals surface area contributed by atoms with E-state index in [9.17, 15) is 8.42 Å². The summed E-state index contributed by atoms with van der Waals surface area (Å²) in [4.78, 5) is 1.36. The van der Waals surface area contributed by atoms with Crippen LogP contribution >= 0.6 is 11.3 Å². The minimum Gasteiger partial charge on any atom is -0.381 e. The average Bonchev–Trinajstić information content (AvgIpc) is 2.95. The van der Waals surface area contributed by atoms with Crippen LogP contribution in [0.4, 0.5) is 5.82 Å². The van der Waals surface area contributed by atoms with Crippen molar-refractivity contribution < 1.29 is 8.42 Å². The smallest absolute Gasteiger partial charge is 0.246 e. The van der Waals surface area contributed by atoms with Crippen LogP contribution < -0.4 is 10.5 Å². The van der Waals surface area contributed by atoms with Crippen molar-refractivity contribution in [3.05, 3.63) is 27.6 Å². The van der Waals surface area contributed by atoms with Gasteiger partial charge in [-0.1, -0.05) is 0 Å². The summed E-state index contributed by atoms with van der Waals surface area (Å²) in [6.07, 6.45) is 2.82. The first-order chi connectivity index (χ1) is 9.90. The van der Waals surface area contributed by atoms with Crippen LogP contribution in [0.25, 0.3) is 0 Å². The van der Waals surface area contributed by atoms with Gasteiger partial charge in [-0.15, -0.1) is 11.3 Å². The molecule has 0 saturated carbocycles. The van der Waals surface area contributed by atoms with Crippen LogP contribution in [0.1, 0.15) is 35.0 Å². The highest BCUT2D eigenvalue weighted by Gasteiger charge is 2.30. The monoisotopic (exact) mass is 326 g/mol. The van der Waals surface area contributed by atoms with Crippen molar-refractivity contribution >= 4 is 27.2 Å². The number of thiophene rings is 1. The molecule has 114 valence electrons. The van der Waals surface area contributed by atoms with Gasteiger partial charge in [0.05, 0.1) is 5.69 Å². The molecule has 0 radical (unpaired) electrons. The van der Waals surface area contributed by atoms with Gasteiger partial charge in [0.25, 0.3) is 0 Å². The second-order valence-corrected chi connectivity index (χ2v) is 7.94. The molecule has 0 aliphatic heterocycles. The van der Waals surface area contributed by atoms with Gasteiger partial charge in [-0.05, 0) is 43.2 Å². The number of aryl methyl sites for hydroxylation is 2. The number of aromatic nitrogens is 2. The lowest BCUT2D eigenvalue weighted by molar-refractivity contribution is 0.511. The van der Waals surface area contributed by atoms with E-state index >= 15 is 0 Å². The summed E-state index contributed by atoms with van der Waals surface area (Å²) in [5.41, 5.74) is 7.39. The van der Waals surface area contributed by atoms with Gasteiger partial charge < -0.3 is 5.73 Å². The Morgan fingerprint density at radius 3 is 2.95 bits per heavy atom. The number of hydrogen-bond donors (Lipinski definition) is 2. The summed E-state index contributed by atoms with van der Waals surface area (Å²) in [7, 11) is -1.99. The second kappa shape index (κ2) is 5.11. The van der Waals surface area contributed by atoms with Crippen LogP contribution in [0.5, 0.6) is 0 Å². The van der Waals surface area contributed by atoms with E-state index in [-0.39, 0.29) is 16.8 Å². The van der Waals surface area contributed by atoms with Gasteiger partial charge in [-0.3, -0.25) is 4.68 Å². The zero-order chi connectivity index (χ0) is 15.2. The normalized spacial score (nSPS) is 18.7. The molecule has 6 nitrogen and oxygen atoms in total. The van der Waals surface area contributed by atoms with Crippen LogP contribution in [0, 0.1) is 6.92 Å². The van der Waals surface area contributed by atoms with Gasteiger partial charge in [-0.25, -0.2) is 13.1 Å². The molecule has 1 aliphatic carbocycles. The Morgan fingerprint density at radius 1 is 1.52 bits per heavy atom. The molecule has 0 aromatic carbocycles. The van der Waals surface area contributed by atoms with Gasteiger partial charge in [0.15, 0.2) is 5.82 Å². The molecule has 1 aliphatic rings. The first kappa shape index (κ1) is 14.6. The number of nitrogens with zero attached hydrogens (tertiary/aromatic N) is 2. The minimum atomic E-state index is -3.67. The van der Waals surface area contributed by atoms with E-state index < -0.39 is 10.0 Å². The predicted octanol–water partition coefficient (Wildman–Crippen LogP) is 1.73. The molecular weight excluding hydrogens is 308 g/mol. The third kappa shape index (κ3) is 2.47. The largest absolute Gasteiger partial charge is 0.381 e. The van der Waals surface area contributed by atoms with Crippen molar-refractivity contribution in [2.75, 3.05) is 5.73 Å². The van der Waals surface area contributed by atoms with Crippen LogP contribution in [-0.4, -0.2) is 18.2 Å². The number of rotatable bonds is 3. The quantitative estimate of drug-likeness (QED) is 0.899. The van der Waals surface area contributed by atoms with E-state index in [1.165, 1.54) is 9.56 Å². The van der Waals surface area contributed by atoms with E-state index in [2.05, 4.69) is 9.82 Å². The van der Waals surface area contributed by atoms with Crippen LogP contribution in [0.2, 0.25) is 0 Å². The summed E-state index contributed by atoms with van der Waals surface area (Å²) in [5, 5.41) is 6.00. The van der Waals surface area contributed by atoms with Crippen molar-refractivity contribution in [2.24, 2.45) is 7.05 Å². The van der Waals surface area contributed by atoms with Crippen molar-refractivity contribution in [3.8, 4) is 0 Å². The summed E-state index contributed by atoms with van der Waals surface area (Å²) in [5.74, 6) is 0.0452. The van der Waals surface area contributed by atoms with E-state index in [4.69, 9.17) is 5.73 Å². The van der Waals surface area contributed by atoms with Crippen molar-refractivity contribution in [2.45, 2.75) is 37.1 Å². The molecule has 2 aromatic heterocycles. The molecule has 1 unspecified atom stereocenters. The molecule has 0 bridgehead atoms. The van der Waals surface area contributed by atoms with E-state index in [1.54, 1.807) is 25.3 Å². The summed E-state index contributed by atoms with van der Waals surface area (Å²) >= 11 is 1.69. The Kier molecular flexibility index (Phi) is 3.54. The number of anilines is 1. The highest BCUT2D eigenvalue weighted by Crippen LogP contribution is 2.34. The number of nitrogens with two attached hydrogens (primary N) is 1. The van der Waals surface area contributed by atoms with Crippen molar-refractivity contribution in [3.63, 3.8) is 0 Å². The van der Waals surface area contributed by atoms with Gasteiger partial charge in [0.1, 0.15) is 4.90 Å². The Labute approximate surface area is 128 Å². The average molecular weight is 326 g/mol. The number of hydrogen-bond acceptors (Lipinski definition) is 5. The fraction of sp³-hybridized carbons (Fsp3) is 0.462. The Balaban J connectivity index is 1.95. The zero-order valence-corrected chi connectivity index (χ0v) is 13.6. The topological polar surface area (TPSA) is 90.0 Å². The molecule has 8 heteroatoms. The number of fused-ring (bicyclic) bond motifs is 1. The summed E-state index contributed by atoms with van der Waals surface area (Å²) < 4.78 is 29.6. The number of nitrogen functional groups attached to an aromatic ring is 1. The molecule has 21 heavy (non-hydrogen) atoms. The Hall–Kier alpha value is -1.38. The fourth-order valence-corrected chi connectivity index (χ4v) is 5.36. The molecule has 0 amide bonds. The molecule has 1 atom stereocenters. The lowest BCUT2D eigenvalue weighted by Gasteiger charge is -2.23. The highest BCUT2D eigenvalue weighted by molar-refractivity contribution is 7.89. The van der Waals surface area contributed by atoms with Crippen LogP contribution in [0.3, 0.4) is 0 Å². The van der Waals surface area contributed by atoms with Crippen molar-refractivity contribution in [1.29, 1.82) is 0 Å². The molecule has 0 fully saturated rings. The molecule has 3 rings (SSSR count). The summed E-state index contributed by atoms with van der Waals surface area (Å²) in [6.45, 7) is 1.70. The third-order valence-electron chi connectivity index (χ3n) is 3.92. The predicted molar refractivity (Wildman–Crippen MR) is 82.7 cm³/mol. The van der Waals surface area contributed by atoms with E-state index in [1.807, 2.05) is 11.4 Å². The van der Waals surface area contributed by atoms with E-state index in [0.29, 0.717) is 5.69 Å². The lowest BCUT2D eigenvalue weighted by atomic mass is 9.95. The van der Waals surface area contributed by atoms with Gasteiger partial charge in [0, 0.05) is 18.0 Å². The minimum absolute atomic E-state index is 0.0452. The number of nitrogens with one attached hydrogen (secondary N) is 1. The molecule has 2 heterocycles. The molecule has 2 aromatic rings. The molecule has 0 spiro atoms. The van der Waals surface area contributed by atoms with Crippen molar-refractivity contribution in [1.82, 2.24) is 14.5 Å². The maximum atomic E-state index is 12.6.